The number of amides is 3. The van der Waals surface area contributed by atoms with Crippen molar-refractivity contribution in [1.82, 2.24) is 16.3 Å². The van der Waals surface area contributed by atoms with Gasteiger partial charge in [-0.3, -0.25) is 25.2 Å². The highest BCUT2D eigenvalue weighted by atomic mass is 35.5. The minimum Gasteiger partial charge on any atom is -0.497 e. The first-order valence-electron chi connectivity index (χ1n) is 10.9. The second-order valence-electron chi connectivity index (χ2n) is 7.85. The summed E-state index contributed by atoms with van der Waals surface area (Å²) in [6, 6.07) is 13.0. The highest BCUT2D eigenvalue weighted by Crippen LogP contribution is 2.29. The van der Waals surface area contributed by atoms with Crippen LogP contribution in [-0.4, -0.2) is 30.5 Å². The van der Waals surface area contributed by atoms with Crippen LogP contribution in [0.1, 0.15) is 61.0 Å². The lowest BCUT2D eigenvalue weighted by atomic mass is 9.93. The lowest BCUT2D eigenvalue weighted by molar-refractivity contribution is 0.0829. The predicted molar refractivity (Wildman–Crippen MR) is 130 cm³/mol. The number of carbonyl (C=O) groups excluding carboxylic acids is 3. The average Bonchev–Trinajstić information content (AvgIpc) is 3.23. The summed E-state index contributed by atoms with van der Waals surface area (Å²) < 4.78 is 11.0. The summed E-state index contributed by atoms with van der Waals surface area (Å²) in [5, 5.41) is 4.81. The molecule has 0 atom stereocenters. The van der Waals surface area contributed by atoms with Gasteiger partial charge in [0.2, 0.25) is 0 Å². The van der Waals surface area contributed by atoms with Crippen LogP contribution in [0.2, 0.25) is 5.02 Å². The number of benzene rings is 2. The number of furan rings is 1. The largest absolute Gasteiger partial charge is 0.497 e. The topological polar surface area (TPSA) is 122 Å². The highest BCUT2D eigenvalue weighted by Gasteiger charge is 2.28. The summed E-state index contributed by atoms with van der Waals surface area (Å²) in [5.74, 6) is -0.231. The van der Waals surface area contributed by atoms with E-state index in [9.17, 15) is 14.4 Å². The van der Waals surface area contributed by atoms with Gasteiger partial charge in [0.05, 0.1) is 12.8 Å². The molecule has 1 aliphatic rings. The van der Waals surface area contributed by atoms with Crippen LogP contribution >= 0.6 is 11.6 Å². The molecule has 3 N–H and O–H groups in total. The zero-order chi connectivity index (χ0) is 24.9. The molecule has 0 aliphatic heterocycles. The van der Waals surface area contributed by atoms with Gasteiger partial charge >= 0.3 is 5.91 Å². The molecule has 3 aromatic rings. The average molecular weight is 495 g/mol. The Morgan fingerprint density at radius 2 is 1.71 bits per heavy atom. The van der Waals surface area contributed by atoms with Crippen molar-refractivity contribution in [3.05, 3.63) is 87.3 Å². The molecule has 10 heteroatoms. The molecule has 1 aromatic heterocycles. The number of rotatable bonds is 5. The third kappa shape index (κ3) is 5.36. The minimum atomic E-state index is -0.598. The van der Waals surface area contributed by atoms with Crippen molar-refractivity contribution in [2.45, 2.75) is 26.2 Å². The van der Waals surface area contributed by atoms with Crippen LogP contribution in [0.15, 0.2) is 58.0 Å². The first-order chi connectivity index (χ1) is 16.9. The van der Waals surface area contributed by atoms with Gasteiger partial charge in [0, 0.05) is 33.7 Å². The maximum atomic E-state index is 12.7. The standard InChI is InChI=1S/C25H23ClN4O5/c1-14-21-19(27-28-24(32)16-5-3-6-18(13-16)34-2)7-4-8-20(21)35-22(14)25(33)30-29-23(31)15-9-11-17(26)12-10-15/h3,5-6,9-13H,4,7-8H2,1-2H3,(H,28,32)(H,29,31)(H,30,33)/b27-19+. The molecule has 3 amide bonds. The van der Waals surface area contributed by atoms with Crippen LogP contribution in [0.5, 0.6) is 5.75 Å². The molecule has 2 aromatic carbocycles. The summed E-state index contributed by atoms with van der Waals surface area (Å²) in [7, 11) is 1.53. The minimum absolute atomic E-state index is 0.0696. The molecule has 4 rings (SSSR count). The molecule has 9 nitrogen and oxygen atoms in total. The van der Waals surface area contributed by atoms with Crippen LogP contribution in [0.25, 0.3) is 0 Å². The Labute approximate surface area is 206 Å². The van der Waals surface area contributed by atoms with Crippen molar-refractivity contribution in [1.29, 1.82) is 0 Å². The van der Waals surface area contributed by atoms with E-state index in [4.69, 9.17) is 20.8 Å². The second-order valence-corrected chi connectivity index (χ2v) is 8.29. The van der Waals surface area contributed by atoms with Crippen molar-refractivity contribution in [3.8, 4) is 5.75 Å². The molecule has 0 fully saturated rings. The van der Waals surface area contributed by atoms with Crippen LogP contribution in [0.3, 0.4) is 0 Å². The Bertz CT molecular complexity index is 1310. The lowest BCUT2D eigenvalue weighted by Crippen LogP contribution is -2.41. The maximum Gasteiger partial charge on any atom is 0.305 e. The summed E-state index contributed by atoms with van der Waals surface area (Å²) in [6.45, 7) is 1.74. The van der Waals surface area contributed by atoms with Gasteiger partial charge in [-0.1, -0.05) is 17.7 Å². The van der Waals surface area contributed by atoms with Gasteiger partial charge < -0.3 is 9.15 Å². The van der Waals surface area contributed by atoms with Gasteiger partial charge in [-0.25, -0.2) is 5.43 Å². The molecular weight excluding hydrogens is 472 g/mol. The molecule has 0 unspecified atom stereocenters. The fourth-order valence-corrected chi connectivity index (χ4v) is 3.91. The molecule has 0 bridgehead atoms. The van der Waals surface area contributed by atoms with E-state index in [1.54, 1.807) is 55.5 Å². The second kappa shape index (κ2) is 10.4. The molecule has 0 radical (unpaired) electrons. The van der Waals surface area contributed by atoms with E-state index in [-0.39, 0.29) is 11.7 Å². The third-order valence-electron chi connectivity index (χ3n) is 5.55. The highest BCUT2D eigenvalue weighted by molar-refractivity contribution is 6.30. The molecule has 0 saturated heterocycles. The number of fused-ring (bicyclic) bond motifs is 1. The molecule has 35 heavy (non-hydrogen) atoms. The molecular formula is C25H23ClN4O5. The Hall–Kier alpha value is -4.11. The van der Waals surface area contributed by atoms with Crippen LogP contribution in [0.4, 0.5) is 0 Å². The van der Waals surface area contributed by atoms with E-state index in [2.05, 4.69) is 21.4 Å². The van der Waals surface area contributed by atoms with Gasteiger partial charge in [0.25, 0.3) is 11.8 Å². The van der Waals surface area contributed by atoms with Gasteiger partial charge in [-0.2, -0.15) is 5.10 Å². The number of nitrogens with one attached hydrogen (secondary N) is 3. The number of hydrazone groups is 1. The van der Waals surface area contributed by atoms with Crippen molar-refractivity contribution >= 4 is 35.0 Å². The molecule has 0 spiro atoms. The normalized spacial score (nSPS) is 13.6. The molecule has 1 heterocycles. The summed E-state index contributed by atoms with van der Waals surface area (Å²) in [5.41, 5.74) is 9.94. The van der Waals surface area contributed by atoms with Crippen molar-refractivity contribution in [3.63, 3.8) is 0 Å². The molecule has 180 valence electrons. The van der Waals surface area contributed by atoms with Crippen LogP contribution in [-0.2, 0) is 6.42 Å². The summed E-state index contributed by atoms with van der Waals surface area (Å²) in [6.07, 6.45) is 1.99. The summed E-state index contributed by atoms with van der Waals surface area (Å²) >= 11 is 5.83. The van der Waals surface area contributed by atoms with Gasteiger partial charge in [-0.05, 0) is 62.2 Å². The number of aryl methyl sites for hydroxylation is 1. The number of methoxy groups -OCH3 is 1. The smallest absolute Gasteiger partial charge is 0.305 e. The Morgan fingerprint density at radius 1 is 0.971 bits per heavy atom. The van der Waals surface area contributed by atoms with Gasteiger partial charge in [-0.15, -0.1) is 0 Å². The maximum absolute atomic E-state index is 12.7. The van der Waals surface area contributed by atoms with Crippen molar-refractivity contribution < 1.29 is 23.5 Å². The van der Waals surface area contributed by atoms with Crippen LogP contribution in [0, 0.1) is 6.92 Å². The van der Waals surface area contributed by atoms with Crippen molar-refractivity contribution in [2.24, 2.45) is 5.10 Å². The number of hydrazine groups is 1. The zero-order valence-electron chi connectivity index (χ0n) is 19.1. The van der Waals surface area contributed by atoms with E-state index in [0.717, 1.165) is 6.42 Å². The lowest BCUT2D eigenvalue weighted by Gasteiger charge is -2.13. The number of ether oxygens (including phenoxy) is 1. The first kappa shape index (κ1) is 24.0. The number of hydrogen-bond acceptors (Lipinski definition) is 6. The number of hydrogen-bond donors (Lipinski definition) is 3. The van der Waals surface area contributed by atoms with E-state index in [1.807, 2.05) is 0 Å². The van der Waals surface area contributed by atoms with E-state index in [0.29, 0.717) is 57.3 Å². The van der Waals surface area contributed by atoms with Gasteiger partial charge in [0.1, 0.15) is 11.5 Å². The van der Waals surface area contributed by atoms with Crippen molar-refractivity contribution in [2.75, 3.05) is 7.11 Å². The zero-order valence-corrected chi connectivity index (χ0v) is 19.9. The Kier molecular flexibility index (Phi) is 7.17. The van der Waals surface area contributed by atoms with Crippen LogP contribution < -0.4 is 21.0 Å². The molecule has 0 saturated carbocycles. The molecule has 1 aliphatic carbocycles. The van der Waals surface area contributed by atoms with Gasteiger partial charge in [0.15, 0.2) is 5.76 Å². The predicted octanol–water partition coefficient (Wildman–Crippen LogP) is 3.80. The van der Waals surface area contributed by atoms with E-state index >= 15 is 0 Å². The quantitative estimate of drug-likeness (QED) is 0.466. The summed E-state index contributed by atoms with van der Waals surface area (Å²) in [4.78, 5) is 37.5. The SMILES string of the molecule is COc1cccc(C(=O)N/N=C2\CCCc3oc(C(=O)NNC(=O)c4ccc(Cl)cc4)c(C)c32)c1. The Balaban J connectivity index is 1.47. The monoisotopic (exact) mass is 494 g/mol. The fraction of sp³-hybridized carbons (Fsp3) is 0.200. The number of halogens is 1. The number of carbonyl (C=O) groups is 3. The van der Waals surface area contributed by atoms with E-state index < -0.39 is 11.8 Å². The Morgan fingerprint density at radius 3 is 2.46 bits per heavy atom. The third-order valence-corrected chi connectivity index (χ3v) is 5.80. The number of nitrogens with zero attached hydrogens (tertiary/aromatic N) is 1. The fourth-order valence-electron chi connectivity index (χ4n) is 3.79. The van der Waals surface area contributed by atoms with E-state index in [1.165, 1.54) is 7.11 Å². The first-order valence-corrected chi connectivity index (χ1v) is 11.2.